The summed E-state index contributed by atoms with van der Waals surface area (Å²) >= 11 is 0. The van der Waals surface area contributed by atoms with Crippen LogP contribution in [0.15, 0.2) is 0 Å². The van der Waals surface area contributed by atoms with Gasteiger partial charge in [-0.25, -0.2) is 0 Å². The highest BCUT2D eigenvalue weighted by Crippen LogP contribution is 2.45. The lowest BCUT2D eigenvalue weighted by atomic mass is 9.94. The van der Waals surface area contributed by atoms with Crippen LogP contribution in [0, 0.1) is 13.8 Å². The summed E-state index contributed by atoms with van der Waals surface area (Å²) in [6.07, 6.45) is 2.89. The Morgan fingerprint density at radius 3 is 2.43 bits per heavy atom. The van der Waals surface area contributed by atoms with Crippen LogP contribution in [0.25, 0.3) is 0 Å². The van der Waals surface area contributed by atoms with E-state index in [0.717, 1.165) is 25.0 Å². The minimum atomic E-state index is -0.198. The van der Waals surface area contributed by atoms with E-state index in [4.69, 9.17) is 15.6 Å². The zero-order valence-electron chi connectivity index (χ0n) is 14.7. The molecule has 1 aromatic heterocycles. The van der Waals surface area contributed by atoms with Gasteiger partial charge in [0.2, 0.25) is 0 Å². The molecule has 1 aliphatic rings. The summed E-state index contributed by atoms with van der Waals surface area (Å²) in [5, 5.41) is 4.82. The van der Waals surface area contributed by atoms with Gasteiger partial charge in [-0.1, -0.05) is 6.92 Å². The standard InChI is InChI=1S/C17H31N3O/c1-8-13(18)9-14-11(2)19-20(12(14)3)15-10-16(4,5)21-17(15,6)7/h13,15H,8-10,18H2,1-7H3. The topological polar surface area (TPSA) is 53.1 Å². The van der Waals surface area contributed by atoms with Gasteiger partial charge in [-0.15, -0.1) is 0 Å². The third kappa shape index (κ3) is 3.16. The largest absolute Gasteiger partial charge is 0.367 e. The number of rotatable bonds is 4. The first-order chi connectivity index (χ1) is 9.57. The Kier molecular flexibility index (Phi) is 4.24. The fourth-order valence-corrected chi connectivity index (χ4v) is 3.62. The molecule has 0 bridgehead atoms. The molecule has 1 fully saturated rings. The van der Waals surface area contributed by atoms with E-state index in [1.165, 1.54) is 11.3 Å². The molecule has 4 heteroatoms. The van der Waals surface area contributed by atoms with Crippen LogP contribution in [0.2, 0.25) is 0 Å². The number of nitrogens with zero attached hydrogens (tertiary/aromatic N) is 2. The van der Waals surface area contributed by atoms with Gasteiger partial charge in [0.05, 0.1) is 22.9 Å². The van der Waals surface area contributed by atoms with Crippen LogP contribution in [0.5, 0.6) is 0 Å². The number of nitrogens with two attached hydrogens (primary N) is 1. The third-order valence-electron chi connectivity index (χ3n) is 4.79. The third-order valence-corrected chi connectivity index (χ3v) is 4.79. The number of hydrogen-bond acceptors (Lipinski definition) is 3. The van der Waals surface area contributed by atoms with Gasteiger partial charge in [0.25, 0.3) is 0 Å². The lowest BCUT2D eigenvalue weighted by Gasteiger charge is -2.28. The predicted molar refractivity (Wildman–Crippen MR) is 86.6 cm³/mol. The zero-order valence-corrected chi connectivity index (χ0v) is 14.7. The molecule has 2 heterocycles. The van der Waals surface area contributed by atoms with Crippen molar-refractivity contribution in [1.82, 2.24) is 9.78 Å². The van der Waals surface area contributed by atoms with Gasteiger partial charge in [-0.3, -0.25) is 4.68 Å². The maximum absolute atomic E-state index is 6.22. The first-order valence-electron chi connectivity index (χ1n) is 8.07. The van der Waals surface area contributed by atoms with Crippen molar-refractivity contribution in [1.29, 1.82) is 0 Å². The predicted octanol–water partition coefficient (Wildman–Crippen LogP) is 3.30. The minimum absolute atomic E-state index is 0.0968. The number of aromatic nitrogens is 2. The molecule has 1 aliphatic heterocycles. The van der Waals surface area contributed by atoms with Gasteiger partial charge in [0.1, 0.15) is 0 Å². The van der Waals surface area contributed by atoms with Crippen molar-refractivity contribution in [3.05, 3.63) is 17.0 Å². The highest BCUT2D eigenvalue weighted by Gasteiger charge is 2.47. The molecule has 2 unspecified atom stereocenters. The summed E-state index contributed by atoms with van der Waals surface area (Å²) in [4.78, 5) is 0. The average molecular weight is 293 g/mol. The summed E-state index contributed by atoms with van der Waals surface area (Å²) in [6, 6.07) is 0.488. The van der Waals surface area contributed by atoms with E-state index in [9.17, 15) is 0 Å². The molecule has 0 amide bonds. The highest BCUT2D eigenvalue weighted by atomic mass is 16.5. The zero-order chi connectivity index (χ0) is 16.0. The SMILES string of the molecule is CCC(N)Cc1c(C)nn(C2CC(C)(C)OC2(C)C)c1C. The summed E-state index contributed by atoms with van der Waals surface area (Å²) in [5.74, 6) is 0. The van der Waals surface area contributed by atoms with Crippen LogP contribution in [-0.4, -0.2) is 27.0 Å². The van der Waals surface area contributed by atoms with E-state index in [2.05, 4.69) is 53.1 Å². The van der Waals surface area contributed by atoms with Crippen molar-refractivity contribution in [2.24, 2.45) is 5.73 Å². The molecule has 2 rings (SSSR count). The molecule has 21 heavy (non-hydrogen) atoms. The van der Waals surface area contributed by atoms with Crippen LogP contribution in [-0.2, 0) is 11.2 Å². The molecule has 0 aromatic carbocycles. The van der Waals surface area contributed by atoms with E-state index in [0.29, 0.717) is 0 Å². The minimum Gasteiger partial charge on any atom is -0.367 e. The monoisotopic (exact) mass is 293 g/mol. The van der Waals surface area contributed by atoms with Gasteiger partial charge >= 0.3 is 0 Å². The molecule has 2 atom stereocenters. The van der Waals surface area contributed by atoms with Crippen LogP contribution < -0.4 is 5.73 Å². The van der Waals surface area contributed by atoms with Gasteiger partial charge in [0.15, 0.2) is 0 Å². The van der Waals surface area contributed by atoms with E-state index in [-0.39, 0.29) is 23.3 Å². The molecule has 0 aliphatic carbocycles. The summed E-state index contributed by atoms with van der Waals surface area (Å²) in [7, 11) is 0. The van der Waals surface area contributed by atoms with Crippen molar-refractivity contribution in [2.45, 2.75) is 91.0 Å². The number of aryl methyl sites for hydroxylation is 1. The van der Waals surface area contributed by atoms with Crippen molar-refractivity contribution in [3.63, 3.8) is 0 Å². The normalized spacial score (nSPS) is 25.2. The Hall–Kier alpha value is -0.870. The Balaban J connectivity index is 2.36. The van der Waals surface area contributed by atoms with Gasteiger partial charge < -0.3 is 10.5 Å². The lowest BCUT2D eigenvalue weighted by molar-refractivity contribution is -0.0739. The lowest BCUT2D eigenvalue weighted by Crippen LogP contribution is -2.32. The van der Waals surface area contributed by atoms with Gasteiger partial charge in [-0.2, -0.15) is 5.10 Å². The fourth-order valence-electron chi connectivity index (χ4n) is 3.62. The van der Waals surface area contributed by atoms with Crippen LogP contribution in [0.3, 0.4) is 0 Å². The first-order valence-corrected chi connectivity index (χ1v) is 8.07. The molecule has 0 spiro atoms. The fraction of sp³-hybridized carbons (Fsp3) is 0.824. The first kappa shape index (κ1) is 16.5. The summed E-state index contributed by atoms with van der Waals surface area (Å²) in [5.41, 5.74) is 9.51. The van der Waals surface area contributed by atoms with Gasteiger partial charge in [0, 0.05) is 18.2 Å². The van der Waals surface area contributed by atoms with E-state index >= 15 is 0 Å². The second-order valence-corrected chi connectivity index (χ2v) is 7.65. The smallest absolute Gasteiger partial charge is 0.0858 e. The van der Waals surface area contributed by atoms with E-state index in [1.807, 2.05) is 0 Å². The number of ether oxygens (including phenoxy) is 1. The van der Waals surface area contributed by atoms with E-state index in [1.54, 1.807) is 0 Å². The van der Waals surface area contributed by atoms with Crippen LogP contribution >= 0.6 is 0 Å². The Labute approximate surface area is 129 Å². The van der Waals surface area contributed by atoms with E-state index < -0.39 is 0 Å². The molecule has 1 saturated heterocycles. The second kappa shape index (κ2) is 5.40. The maximum atomic E-state index is 6.22. The van der Waals surface area contributed by atoms with Crippen molar-refractivity contribution in [2.75, 3.05) is 0 Å². The van der Waals surface area contributed by atoms with Crippen molar-refractivity contribution >= 4 is 0 Å². The Morgan fingerprint density at radius 2 is 1.95 bits per heavy atom. The summed E-state index contributed by atoms with van der Waals surface area (Å²) in [6.45, 7) is 15.0. The highest BCUT2D eigenvalue weighted by molar-refractivity contribution is 5.26. The molecule has 0 radical (unpaired) electrons. The van der Waals surface area contributed by atoms with Crippen LogP contribution in [0.1, 0.15) is 70.5 Å². The summed E-state index contributed by atoms with van der Waals surface area (Å²) < 4.78 is 8.41. The molecule has 2 N–H and O–H groups in total. The van der Waals surface area contributed by atoms with Crippen molar-refractivity contribution in [3.8, 4) is 0 Å². The average Bonchev–Trinajstić information content (AvgIpc) is 2.74. The number of hydrogen-bond donors (Lipinski definition) is 1. The Morgan fingerprint density at radius 1 is 1.33 bits per heavy atom. The molecular weight excluding hydrogens is 262 g/mol. The van der Waals surface area contributed by atoms with Crippen LogP contribution in [0.4, 0.5) is 0 Å². The quantitative estimate of drug-likeness (QED) is 0.926. The second-order valence-electron chi connectivity index (χ2n) is 7.65. The molecule has 0 saturated carbocycles. The molecule has 1 aromatic rings. The van der Waals surface area contributed by atoms with Crippen molar-refractivity contribution < 1.29 is 4.74 Å². The molecule has 4 nitrogen and oxygen atoms in total. The maximum Gasteiger partial charge on any atom is 0.0858 e. The molecule has 120 valence electrons. The Bertz CT molecular complexity index is 516. The molecular formula is C17H31N3O. The van der Waals surface area contributed by atoms with Gasteiger partial charge in [-0.05, 0) is 59.9 Å².